The van der Waals surface area contributed by atoms with Crippen LogP contribution in [0.5, 0.6) is 0 Å². The third-order valence-electron chi connectivity index (χ3n) is 4.18. The Bertz CT molecular complexity index is 873. The number of carbonyl (C=O) groups is 1. The number of benzene rings is 1. The van der Waals surface area contributed by atoms with Crippen LogP contribution < -0.4 is 5.32 Å². The van der Waals surface area contributed by atoms with Crippen LogP contribution in [0.4, 0.5) is 0 Å². The van der Waals surface area contributed by atoms with E-state index < -0.39 is 5.91 Å². The van der Waals surface area contributed by atoms with Crippen molar-refractivity contribution in [3.05, 3.63) is 51.7 Å². The second-order valence-corrected chi connectivity index (χ2v) is 7.05. The first kappa shape index (κ1) is 18.4. The molecule has 6 heteroatoms. The van der Waals surface area contributed by atoms with E-state index in [2.05, 4.69) is 21.2 Å². The summed E-state index contributed by atoms with van der Waals surface area (Å²) < 4.78 is 12.2. The molecule has 0 aliphatic carbocycles. The fraction of sp³-hybridized carbons (Fsp3) is 0.300. The van der Waals surface area contributed by atoms with E-state index >= 15 is 0 Å². The number of halogens is 1. The monoisotopic (exact) mass is 414 g/mol. The first-order chi connectivity index (χ1) is 12.6. The normalized spacial score (nSPS) is 17.1. The van der Waals surface area contributed by atoms with Gasteiger partial charge in [0.25, 0.3) is 5.91 Å². The number of amides is 1. The standard InChI is InChI=1S/C20H19BrN2O3/c1-13-4-6-17(18(21)9-13)19-7-5-15(26-19)10-14(11-22)20(24)23-12-16-3-2-8-25-16/h4-7,9-10,16H,2-3,8,12H2,1H3,(H,23,24)/b14-10+/t16-/m1/s1. The third kappa shape index (κ3) is 4.43. The SMILES string of the molecule is Cc1ccc(-c2ccc(/C=C(\C#N)C(=O)NC[C@H]3CCCO3)o2)c(Br)c1. The van der Waals surface area contributed by atoms with Crippen LogP contribution in [-0.4, -0.2) is 25.2 Å². The van der Waals surface area contributed by atoms with Gasteiger partial charge in [-0.05, 0) is 49.6 Å². The number of nitriles is 1. The predicted molar refractivity (Wildman–Crippen MR) is 102 cm³/mol. The van der Waals surface area contributed by atoms with Crippen molar-refractivity contribution >= 4 is 27.9 Å². The van der Waals surface area contributed by atoms with Crippen molar-refractivity contribution < 1.29 is 13.9 Å². The van der Waals surface area contributed by atoms with Crippen LogP contribution in [0.25, 0.3) is 17.4 Å². The summed E-state index contributed by atoms with van der Waals surface area (Å²) in [6.07, 6.45) is 3.42. The summed E-state index contributed by atoms with van der Waals surface area (Å²) in [7, 11) is 0. The van der Waals surface area contributed by atoms with Crippen molar-refractivity contribution in [2.24, 2.45) is 0 Å². The van der Waals surface area contributed by atoms with Gasteiger partial charge < -0.3 is 14.5 Å². The predicted octanol–water partition coefficient (Wildman–Crippen LogP) is 4.22. The lowest BCUT2D eigenvalue weighted by molar-refractivity contribution is -0.117. The zero-order chi connectivity index (χ0) is 18.5. The number of hydrogen-bond acceptors (Lipinski definition) is 4. The Morgan fingerprint density at radius 2 is 2.27 bits per heavy atom. The van der Waals surface area contributed by atoms with Gasteiger partial charge in [-0.1, -0.05) is 22.0 Å². The Balaban J connectivity index is 1.72. The van der Waals surface area contributed by atoms with E-state index in [1.165, 1.54) is 6.08 Å². The highest BCUT2D eigenvalue weighted by atomic mass is 79.9. The van der Waals surface area contributed by atoms with Gasteiger partial charge in [0, 0.05) is 29.3 Å². The molecule has 2 aromatic rings. The molecule has 0 spiro atoms. The first-order valence-electron chi connectivity index (χ1n) is 8.45. The minimum absolute atomic E-state index is 0.00636. The van der Waals surface area contributed by atoms with Gasteiger partial charge in [0.05, 0.1) is 6.10 Å². The van der Waals surface area contributed by atoms with E-state index in [9.17, 15) is 10.1 Å². The number of nitrogens with zero attached hydrogens (tertiary/aromatic N) is 1. The molecule has 0 saturated carbocycles. The zero-order valence-corrected chi connectivity index (χ0v) is 16.0. The Morgan fingerprint density at radius 1 is 1.42 bits per heavy atom. The number of ether oxygens (including phenoxy) is 1. The van der Waals surface area contributed by atoms with Gasteiger partial charge in [-0.25, -0.2) is 0 Å². The minimum Gasteiger partial charge on any atom is -0.457 e. The van der Waals surface area contributed by atoms with Crippen LogP contribution in [0.1, 0.15) is 24.2 Å². The Labute approximate surface area is 160 Å². The molecule has 134 valence electrons. The van der Waals surface area contributed by atoms with Gasteiger partial charge in [0.15, 0.2) is 0 Å². The largest absolute Gasteiger partial charge is 0.457 e. The minimum atomic E-state index is -0.419. The third-order valence-corrected chi connectivity index (χ3v) is 4.84. The lowest BCUT2D eigenvalue weighted by atomic mass is 10.1. The molecule has 5 nitrogen and oxygen atoms in total. The highest BCUT2D eigenvalue weighted by Gasteiger charge is 2.18. The number of carbonyl (C=O) groups excluding carboxylic acids is 1. The maximum atomic E-state index is 12.2. The van der Waals surface area contributed by atoms with Crippen molar-refractivity contribution in [3.8, 4) is 17.4 Å². The topological polar surface area (TPSA) is 75.3 Å². The number of rotatable bonds is 5. The maximum Gasteiger partial charge on any atom is 0.262 e. The second kappa shape index (κ2) is 8.35. The molecular formula is C20H19BrN2O3. The molecule has 26 heavy (non-hydrogen) atoms. The van der Waals surface area contributed by atoms with E-state index in [1.54, 1.807) is 6.07 Å². The van der Waals surface area contributed by atoms with E-state index in [4.69, 9.17) is 9.15 Å². The van der Waals surface area contributed by atoms with Gasteiger partial charge >= 0.3 is 0 Å². The molecule has 3 rings (SSSR count). The summed E-state index contributed by atoms with van der Waals surface area (Å²) in [5.41, 5.74) is 2.06. The van der Waals surface area contributed by atoms with Crippen LogP contribution in [0, 0.1) is 18.3 Å². The van der Waals surface area contributed by atoms with Crippen LogP contribution in [0.15, 0.2) is 44.8 Å². The number of hydrogen-bond donors (Lipinski definition) is 1. The van der Waals surface area contributed by atoms with Crippen molar-refractivity contribution in [3.63, 3.8) is 0 Å². The average Bonchev–Trinajstić information content (AvgIpc) is 3.29. The van der Waals surface area contributed by atoms with Crippen molar-refractivity contribution in [1.82, 2.24) is 5.32 Å². The summed E-state index contributed by atoms with van der Waals surface area (Å²) >= 11 is 3.53. The van der Waals surface area contributed by atoms with Crippen LogP contribution in [0.2, 0.25) is 0 Å². The van der Waals surface area contributed by atoms with Crippen LogP contribution in [0.3, 0.4) is 0 Å². The van der Waals surface area contributed by atoms with E-state index in [0.29, 0.717) is 18.1 Å². The summed E-state index contributed by atoms with van der Waals surface area (Å²) in [5, 5.41) is 12.0. The quantitative estimate of drug-likeness (QED) is 0.586. The molecule has 1 N–H and O–H groups in total. The Morgan fingerprint density at radius 3 is 2.96 bits per heavy atom. The molecule has 1 aromatic carbocycles. The fourth-order valence-electron chi connectivity index (χ4n) is 2.79. The number of nitrogens with one attached hydrogen (secondary N) is 1. The lowest BCUT2D eigenvalue weighted by Crippen LogP contribution is -2.32. The van der Waals surface area contributed by atoms with Gasteiger partial charge in [-0.3, -0.25) is 4.79 Å². The smallest absolute Gasteiger partial charge is 0.262 e. The molecule has 2 heterocycles. The molecule has 0 bridgehead atoms. The fourth-order valence-corrected chi connectivity index (χ4v) is 3.48. The van der Waals surface area contributed by atoms with Crippen LogP contribution >= 0.6 is 15.9 Å². The summed E-state index contributed by atoms with van der Waals surface area (Å²) in [6.45, 7) is 3.15. The van der Waals surface area contributed by atoms with E-state index in [1.807, 2.05) is 37.3 Å². The highest BCUT2D eigenvalue weighted by Crippen LogP contribution is 2.31. The molecule has 1 aromatic heterocycles. The van der Waals surface area contributed by atoms with Crippen molar-refractivity contribution in [1.29, 1.82) is 5.26 Å². The zero-order valence-electron chi connectivity index (χ0n) is 14.4. The molecule has 0 unspecified atom stereocenters. The number of aryl methyl sites for hydroxylation is 1. The Kier molecular flexibility index (Phi) is 5.92. The van der Waals surface area contributed by atoms with E-state index in [0.717, 1.165) is 35.0 Å². The molecule has 1 fully saturated rings. The van der Waals surface area contributed by atoms with Gasteiger partial charge in [0.1, 0.15) is 23.2 Å². The molecular weight excluding hydrogens is 396 g/mol. The second-order valence-electron chi connectivity index (χ2n) is 6.20. The first-order valence-corrected chi connectivity index (χ1v) is 9.24. The molecule has 1 amide bonds. The molecule has 1 atom stereocenters. The summed E-state index contributed by atoms with van der Waals surface area (Å²) in [4.78, 5) is 12.2. The molecule has 1 aliphatic heterocycles. The summed E-state index contributed by atoms with van der Waals surface area (Å²) in [5.74, 6) is 0.703. The van der Waals surface area contributed by atoms with Gasteiger partial charge in [-0.2, -0.15) is 5.26 Å². The summed E-state index contributed by atoms with van der Waals surface area (Å²) in [6, 6.07) is 11.5. The molecule has 0 radical (unpaired) electrons. The van der Waals surface area contributed by atoms with E-state index in [-0.39, 0.29) is 11.7 Å². The van der Waals surface area contributed by atoms with Crippen LogP contribution in [-0.2, 0) is 9.53 Å². The lowest BCUT2D eigenvalue weighted by Gasteiger charge is -2.09. The Hall–Kier alpha value is -2.36. The van der Waals surface area contributed by atoms with Crippen molar-refractivity contribution in [2.75, 3.05) is 13.2 Å². The maximum absolute atomic E-state index is 12.2. The van der Waals surface area contributed by atoms with Gasteiger partial charge in [-0.15, -0.1) is 0 Å². The molecule has 1 aliphatic rings. The van der Waals surface area contributed by atoms with Gasteiger partial charge in [0.2, 0.25) is 0 Å². The molecule has 1 saturated heterocycles. The average molecular weight is 415 g/mol. The highest BCUT2D eigenvalue weighted by molar-refractivity contribution is 9.10. The number of furan rings is 1. The van der Waals surface area contributed by atoms with Crippen molar-refractivity contribution in [2.45, 2.75) is 25.9 Å².